The number of rotatable bonds is 7. The molecule has 1 aromatic rings. The summed E-state index contributed by atoms with van der Waals surface area (Å²) in [7, 11) is 0. The Hall–Kier alpha value is -0.610. The molecule has 0 aliphatic rings. The number of hydrogen-bond donors (Lipinski definition) is 1. The van der Waals surface area contributed by atoms with E-state index in [4.69, 9.17) is 0 Å². The highest BCUT2D eigenvalue weighted by atomic mass is 32.2. The third-order valence-electron chi connectivity index (χ3n) is 2.61. The quantitative estimate of drug-likeness (QED) is 0.798. The highest BCUT2D eigenvalue weighted by Gasteiger charge is 2.07. The van der Waals surface area contributed by atoms with Crippen LogP contribution in [0.3, 0.4) is 0 Å². The lowest BCUT2D eigenvalue weighted by Crippen LogP contribution is -2.26. The zero-order valence-corrected chi connectivity index (χ0v) is 11.1. The van der Waals surface area contributed by atoms with Crippen molar-refractivity contribution in [3.8, 4) is 0 Å². The summed E-state index contributed by atoms with van der Waals surface area (Å²) in [6.07, 6.45) is 0.790. The van der Waals surface area contributed by atoms with Gasteiger partial charge in [0.2, 0.25) is 0 Å². The molecule has 0 aliphatic heterocycles. The van der Waals surface area contributed by atoms with Gasteiger partial charge in [-0.05, 0) is 37.0 Å². The summed E-state index contributed by atoms with van der Waals surface area (Å²) < 4.78 is 25.0. The fourth-order valence-electron chi connectivity index (χ4n) is 1.53. The van der Waals surface area contributed by atoms with Gasteiger partial charge in [0.15, 0.2) is 0 Å². The van der Waals surface area contributed by atoms with Crippen molar-refractivity contribution < 1.29 is 8.78 Å². The zero-order valence-electron chi connectivity index (χ0n) is 10.2. The predicted octanol–water partition coefficient (Wildman–Crippen LogP) is 3.86. The van der Waals surface area contributed by atoms with Crippen LogP contribution in [0.2, 0.25) is 0 Å². The third-order valence-corrected chi connectivity index (χ3v) is 3.26. The van der Waals surface area contributed by atoms with Gasteiger partial charge < -0.3 is 5.32 Å². The average Bonchev–Trinajstić information content (AvgIpc) is 2.34. The van der Waals surface area contributed by atoms with Crippen molar-refractivity contribution in [2.75, 3.05) is 12.0 Å². The van der Waals surface area contributed by atoms with E-state index in [0.717, 1.165) is 17.7 Å². The van der Waals surface area contributed by atoms with E-state index in [2.05, 4.69) is 18.5 Å². The highest BCUT2D eigenvalue weighted by Crippen LogP contribution is 2.19. The minimum absolute atomic E-state index is 0.0982. The van der Waals surface area contributed by atoms with Gasteiger partial charge in [0, 0.05) is 18.2 Å². The van der Waals surface area contributed by atoms with Crippen LogP contribution < -0.4 is 5.32 Å². The lowest BCUT2D eigenvalue weighted by atomic mass is 10.1. The van der Waals surface area contributed by atoms with Gasteiger partial charge in [0.1, 0.15) is 0 Å². The van der Waals surface area contributed by atoms with Gasteiger partial charge in [-0.2, -0.15) is 11.8 Å². The molecule has 1 rings (SSSR count). The molecule has 1 aromatic carbocycles. The fourth-order valence-corrected chi connectivity index (χ4v) is 2.12. The van der Waals surface area contributed by atoms with Crippen LogP contribution in [-0.4, -0.2) is 18.1 Å². The van der Waals surface area contributed by atoms with E-state index in [-0.39, 0.29) is 5.56 Å². The first-order valence-corrected chi connectivity index (χ1v) is 7.12. The molecule has 0 heterocycles. The van der Waals surface area contributed by atoms with Gasteiger partial charge in [0.05, 0.1) is 0 Å². The largest absolute Gasteiger partial charge is 0.310 e. The molecule has 0 saturated carbocycles. The summed E-state index contributed by atoms with van der Waals surface area (Å²) in [5, 5.41) is 3.34. The number of alkyl halides is 2. The van der Waals surface area contributed by atoms with E-state index in [1.165, 1.54) is 6.07 Å². The SMILES string of the molecule is CSCCC(C)NCc1cccc(C(F)F)c1. The second-order valence-electron chi connectivity index (χ2n) is 4.11. The molecular weight excluding hydrogens is 240 g/mol. The molecule has 96 valence electrons. The molecule has 0 fully saturated rings. The first-order valence-electron chi connectivity index (χ1n) is 5.72. The molecule has 0 aromatic heterocycles. The lowest BCUT2D eigenvalue weighted by molar-refractivity contribution is 0.151. The Morgan fingerprint density at radius 3 is 2.76 bits per heavy atom. The number of benzene rings is 1. The summed E-state index contributed by atoms with van der Waals surface area (Å²) in [6.45, 7) is 2.77. The maximum absolute atomic E-state index is 12.5. The molecule has 4 heteroatoms. The van der Waals surface area contributed by atoms with Crippen LogP contribution in [0.1, 0.15) is 30.9 Å². The van der Waals surface area contributed by atoms with Crippen molar-refractivity contribution >= 4 is 11.8 Å². The Balaban J connectivity index is 2.43. The molecule has 0 saturated heterocycles. The second kappa shape index (κ2) is 7.67. The smallest absolute Gasteiger partial charge is 0.263 e. The molecule has 0 spiro atoms. The molecule has 1 nitrogen and oxygen atoms in total. The first kappa shape index (κ1) is 14.5. The molecule has 0 amide bonds. The van der Waals surface area contributed by atoms with Gasteiger partial charge in [-0.1, -0.05) is 18.2 Å². The van der Waals surface area contributed by atoms with E-state index in [1.807, 2.05) is 17.8 Å². The Morgan fingerprint density at radius 1 is 1.35 bits per heavy atom. The monoisotopic (exact) mass is 259 g/mol. The highest BCUT2D eigenvalue weighted by molar-refractivity contribution is 7.98. The molecule has 17 heavy (non-hydrogen) atoms. The number of hydrogen-bond acceptors (Lipinski definition) is 2. The minimum Gasteiger partial charge on any atom is -0.310 e. The molecule has 0 radical (unpaired) electrons. The minimum atomic E-state index is -2.39. The van der Waals surface area contributed by atoms with Gasteiger partial charge in [-0.25, -0.2) is 8.78 Å². The zero-order chi connectivity index (χ0) is 12.7. The van der Waals surface area contributed by atoms with Crippen molar-refractivity contribution in [3.05, 3.63) is 35.4 Å². The number of thioether (sulfide) groups is 1. The molecule has 1 atom stereocenters. The second-order valence-corrected chi connectivity index (χ2v) is 5.09. The van der Waals surface area contributed by atoms with Crippen LogP contribution in [0.15, 0.2) is 24.3 Å². The Bertz CT molecular complexity index is 331. The average molecular weight is 259 g/mol. The van der Waals surface area contributed by atoms with Crippen molar-refractivity contribution in [1.82, 2.24) is 5.32 Å². The summed E-state index contributed by atoms with van der Waals surface area (Å²) >= 11 is 1.82. The topological polar surface area (TPSA) is 12.0 Å². The van der Waals surface area contributed by atoms with Gasteiger partial charge in [0.25, 0.3) is 6.43 Å². The number of nitrogens with one attached hydrogen (secondary N) is 1. The van der Waals surface area contributed by atoms with Crippen molar-refractivity contribution in [3.63, 3.8) is 0 Å². The number of halogens is 2. The summed E-state index contributed by atoms with van der Waals surface area (Å²) in [5.74, 6) is 1.12. The maximum Gasteiger partial charge on any atom is 0.263 e. The van der Waals surface area contributed by atoms with Crippen LogP contribution in [0.4, 0.5) is 8.78 Å². The van der Waals surface area contributed by atoms with Crippen LogP contribution in [0.5, 0.6) is 0 Å². The van der Waals surface area contributed by atoms with E-state index >= 15 is 0 Å². The van der Waals surface area contributed by atoms with E-state index in [0.29, 0.717) is 12.6 Å². The van der Waals surface area contributed by atoms with Gasteiger partial charge >= 0.3 is 0 Å². The van der Waals surface area contributed by atoms with E-state index in [1.54, 1.807) is 12.1 Å². The summed E-state index contributed by atoms with van der Waals surface area (Å²) in [6, 6.07) is 7.01. The Kier molecular flexibility index (Phi) is 6.52. The van der Waals surface area contributed by atoms with Gasteiger partial charge in [-0.15, -0.1) is 0 Å². The molecule has 0 bridgehead atoms. The molecule has 0 aliphatic carbocycles. The third kappa shape index (κ3) is 5.50. The predicted molar refractivity (Wildman–Crippen MR) is 70.7 cm³/mol. The fraction of sp³-hybridized carbons (Fsp3) is 0.538. The Labute approximate surface area is 106 Å². The van der Waals surface area contributed by atoms with Crippen LogP contribution in [0, 0.1) is 0 Å². The van der Waals surface area contributed by atoms with Gasteiger partial charge in [-0.3, -0.25) is 0 Å². The summed E-state index contributed by atoms with van der Waals surface area (Å²) in [4.78, 5) is 0. The summed E-state index contributed by atoms with van der Waals surface area (Å²) in [5.41, 5.74) is 1.01. The first-order chi connectivity index (χ1) is 8.13. The van der Waals surface area contributed by atoms with E-state index < -0.39 is 6.43 Å². The lowest BCUT2D eigenvalue weighted by Gasteiger charge is -2.13. The van der Waals surface area contributed by atoms with Crippen LogP contribution in [-0.2, 0) is 6.54 Å². The van der Waals surface area contributed by atoms with E-state index in [9.17, 15) is 8.78 Å². The standard InChI is InChI=1S/C13H19F2NS/c1-10(6-7-17-2)16-9-11-4-3-5-12(8-11)13(14)15/h3-5,8,10,13,16H,6-7,9H2,1-2H3. The van der Waals surface area contributed by atoms with Crippen molar-refractivity contribution in [2.45, 2.75) is 32.4 Å². The maximum atomic E-state index is 12.5. The normalized spacial score (nSPS) is 13.0. The molecule has 1 unspecified atom stereocenters. The van der Waals surface area contributed by atoms with Crippen LogP contribution >= 0.6 is 11.8 Å². The van der Waals surface area contributed by atoms with Crippen molar-refractivity contribution in [2.24, 2.45) is 0 Å². The Morgan fingerprint density at radius 2 is 2.12 bits per heavy atom. The van der Waals surface area contributed by atoms with Crippen molar-refractivity contribution in [1.29, 1.82) is 0 Å². The molecular formula is C13H19F2NS. The van der Waals surface area contributed by atoms with Crippen LogP contribution in [0.25, 0.3) is 0 Å². The molecule has 1 N–H and O–H groups in total.